The van der Waals surface area contributed by atoms with E-state index in [1.165, 1.54) is 30.4 Å². The molecule has 1 aromatic carbocycles. The van der Waals surface area contributed by atoms with Gasteiger partial charge in [-0.1, -0.05) is 79.6 Å². The predicted octanol–water partition coefficient (Wildman–Crippen LogP) is 5.95. The Hall–Kier alpha value is -0.0900. The maximum atomic E-state index is 6.60. The van der Waals surface area contributed by atoms with Crippen LogP contribution in [0.25, 0.3) is 0 Å². The highest BCUT2D eigenvalue weighted by atomic mass is 127. The summed E-state index contributed by atoms with van der Waals surface area (Å²) in [6.45, 7) is 9.21. The van der Waals surface area contributed by atoms with Crippen molar-refractivity contribution in [2.75, 3.05) is 4.43 Å². The Morgan fingerprint density at radius 3 is 2.43 bits per heavy atom. The maximum absolute atomic E-state index is 6.60. The van der Waals surface area contributed by atoms with Crippen molar-refractivity contribution in [1.82, 2.24) is 0 Å². The van der Waals surface area contributed by atoms with E-state index in [0.717, 1.165) is 22.2 Å². The van der Waals surface area contributed by atoms with Crippen LogP contribution in [0.3, 0.4) is 0 Å². The third-order valence-corrected chi connectivity index (χ3v) is 5.69. The number of halogens is 1. The highest BCUT2D eigenvalue weighted by molar-refractivity contribution is 14.1. The second-order valence-corrected chi connectivity index (χ2v) is 7.94. The number of ether oxygens (including phenoxy) is 1. The van der Waals surface area contributed by atoms with E-state index in [9.17, 15) is 0 Å². The lowest BCUT2D eigenvalue weighted by molar-refractivity contribution is -0.0727. The molecule has 4 atom stereocenters. The topological polar surface area (TPSA) is 9.23 Å². The van der Waals surface area contributed by atoms with Crippen LogP contribution < -0.4 is 0 Å². The highest BCUT2D eigenvalue weighted by Crippen LogP contribution is 2.38. The zero-order valence-electron chi connectivity index (χ0n) is 13.8. The summed E-state index contributed by atoms with van der Waals surface area (Å²) in [7, 11) is 0. The molecule has 0 aromatic heterocycles. The van der Waals surface area contributed by atoms with Crippen LogP contribution in [0.4, 0.5) is 0 Å². The lowest BCUT2D eigenvalue weighted by Crippen LogP contribution is -2.35. The average molecular weight is 400 g/mol. The van der Waals surface area contributed by atoms with Crippen LogP contribution in [0, 0.1) is 24.7 Å². The van der Waals surface area contributed by atoms with Gasteiger partial charge in [0.15, 0.2) is 0 Å². The molecule has 0 saturated heterocycles. The molecule has 4 unspecified atom stereocenters. The van der Waals surface area contributed by atoms with Crippen molar-refractivity contribution in [3.8, 4) is 0 Å². The van der Waals surface area contributed by atoms with Gasteiger partial charge in [0.25, 0.3) is 0 Å². The number of alkyl halides is 1. The fourth-order valence-electron chi connectivity index (χ4n) is 3.47. The Balaban J connectivity index is 2.09. The standard InChI is InChI=1S/C19H29IO/c1-13(2)17-10-7-15(4)11-18(17)21-19(12-20)16-8-5-14(3)6-9-16/h5-6,8-9,13,15,17-19H,7,10-12H2,1-4H3. The van der Waals surface area contributed by atoms with E-state index >= 15 is 0 Å². The second-order valence-electron chi connectivity index (χ2n) is 7.05. The van der Waals surface area contributed by atoms with Gasteiger partial charge in [-0.15, -0.1) is 0 Å². The summed E-state index contributed by atoms with van der Waals surface area (Å²) in [6, 6.07) is 8.85. The van der Waals surface area contributed by atoms with Crippen molar-refractivity contribution in [2.45, 2.75) is 59.2 Å². The van der Waals surface area contributed by atoms with Gasteiger partial charge < -0.3 is 4.74 Å². The molecule has 21 heavy (non-hydrogen) atoms. The quantitative estimate of drug-likeness (QED) is 0.439. The first-order valence-corrected chi connectivity index (χ1v) is 9.81. The summed E-state index contributed by atoms with van der Waals surface area (Å²) in [4.78, 5) is 0. The highest BCUT2D eigenvalue weighted by Gasteiger charge is 2.33. The fourth-order valence-corrected chi connectivity index (χ4v) is 4.18. The molecule has 1 saturated carbocycles. The lowest BCUT2D eigenvalue weighted by Gasteiger charge is -2.39. The van der Waals surface area contributed by atoms with Crippen molar-refractivity contribution in [3.05, 3.63) is 35.4 Å². The summed E-state index contributed by atoms with van der Waals surface area (Å²) < 4.78 is 7.63. The molecule has 0 amide bonds. The summed E-state index contributed by atoms with van der Waals surface area (Å²) in [6.07, 6.45) is 4.58. The first-order valence-electron chi connectivity index (χ1n) is 8.29. The Kier molecular flexibility index (Phi) is 6.54. The number of hydrogen-bond acceptors (Lipinski definition) is 1. The normalized spacial score (nSPS) is 27.8. The SMILES string of the molecule is Cc1ccc(C(CI)OC2CC(C)CCC2C(C)C)cc1. The Bertz CT molecular complexity index is 426. The fraction of sp³-hybridized carbons (Fsp3) is 0.684. The van der Waals surface area contributed by atoms with Crippen LogP contribution in [0.1, 0.15) is 57.3 Å². The average Bonchev–Trinajstić information content (AvgIpc) is 2.45. The van der Waals surface area contributed by atoms with Crippen LogP contribution in [0.5, 0.6) is 0 Å². The van der Waals surface area contributed by atoms with Crippen molar-refractivity contribution in [2.24, 2.45) is 17.8 Å². The number of benzene rings is 1. The largest absolute Gasteiger partial charge is 0.369 e. The molecule has 2 heteroatoms. The van der Waals surface area contributed by atoms with Crippen LogP contribution in [0.2, 0.25) is 0 Å². The molecule has 0 aliphatic heterocycles. The molecule has 0 heterocycles. The molecule has 0 radical (unpaired) electrons. The van der Waals surface area contributed by atoms with Gasteiger partial charge in [-0.3, -0.25) is 0 Å². The minimum absolute atomic E-state index is 0.239. The first-order chi connectivity index (χ1) is 10.0. The molecular formula is C19H29IO. The zero-order valence-corrected chi connectivity index (χ0v) is 16.0. The third-order valence-electron chi connectivity index (χ3n) is 4.89. The minimum atomic E-state index is 0.239. The van der Waals surface area contributed by atoms with Crippen molar-refractivity contribution in [3.63, 3.8) is 0 Å². The van der Waals surface area contributed by atoms with Crippen LogP contribution >= 0.6 is 22.6 Å². The molecule has 1 aliphatic rings. The molecule has 0 bridgehead atoms. The van der Waals surface area contributed by atoms with Gasteiger partial charge in [0.2, 0.25) is 0 Å². The van der Waals surface area contributed by atoms with Gasteiger partial charge in [0.05, 0.1) is 12.2 Å². The van der Waals surface area contributed by atoms with Crippen molar-refractivity contribution in [1.29, 1.82) is 0 Å². The Morgan fingerprint density at radius 1 is 1.19 bits per heavy atom. The van der Waals surface area contributed by atoms with E-state index in [1.54, 1.807) is 0 Å². The number of aryl methyl sites for hydroxylation is 1. The predicted molar refractivity (Wildman–Crippen MR) is 99.0 cm³/mol. The Labute approximate surface area is 144 Å². The summed E-state index contributed by atoms with van der Waals surface area (Å²) >= 11 is 2.46. The number of rotatable bonds is 5. The lowest BCUT2D eigenvalue weighted by atomic mass is 9.75. The first kappa shape index (κ1) is 17.3. The molecule has 1 nitrogen and oxygen atoms in total. The van der Waals surface area contributed by atoms with Gasteiger partial charge in [-0.2, -0.15) is 0 Å². The Morgan fingerprint density at radius 2 is 1.86 bits per heavy atom. The van der Waals surface area contributed by atoms with E-state index < -0.39 is 0 Å². The summed E-state index contributed by atoms with van der Waals surface area (Å²) in [5.41, 5.74) is 2.65. The monoisotopic (exact) mass is 400 g/mol. The molecule has 1 fully saturated rings. The van der Waals surface area contributed by atoms with Crippen molar-refractivity contribution < 1.29 is 4.74 Å². The van der Waals surface area contributed by atoms with E-state index in [2.05, 4.69) is 74.6 Å². The van der Waals surface area contributed by atoms with Crippen LogP contribution in [-0.2, 0) is 4.74 Å². The van der Waals surface area contributed by atoms with Gasteiger partial charge in [-0.05, 0) is 43.1 Å². The summed E-state index contributed by atoms with van der Waals surface area (Å²) in [5.74, 6) is 2.24. The second kappa shape index (κ2) is 7.96. The molecule has 0 spiro atoms. The van der Waals surface area contributed by atoms with E-state index in [4.69, 9.17) is 4.74 Å². The number of hydrogen-bond donors (Lipinski definition) is 0. The van der Waals surface area contributed by atoms with E-state index in [0.29, 0.717) is 6.10 Å². The minimum Gasteiger partial charge on any atom is -0.369 e. The molecule has 1 aromatic rings. The molecular weight excluding hydrogens is 371 g/mol. The van der Waals surface area contributed by atoms with Crippen molar-refractivity contribution >= 4 is 22.6 Å². The molecule has 2 rings (SSSR count). The third kappa shape index (κ3) is 4.69. The van der Waals surface area contributed by atoms with E-state index in [-0.39, 0.29) is 6.10 Å². The maximum Gasteiger partial charge on any atom is 0.0918 e. The zero-order chi connectivity index (χ0) is 15.4. The van der Waals surface area contributed by atoms with Crippen LogP contribution in [0.15, 0.2) is 24.3 Å². The van der Waals surface area contributed by atoms with Crippen LogP contribution in [-0.4, -0.2) is 10.5 Å². The van der Waals surface area contributed by atoms with Gasteiger partial charge in [0.1, 0.15) is 0 Å². The van der Waals surface area contributed by atoms with Gasteiger partial charge in [-0.25, -0.2) is 0 Å². The smallest absolute Gasteiger partial charge is 0.0918 e. The van der Waals surface area contributed by atoms with E-state index in [1.807, 2.05) is 0 Å². The molecule has 118 valence electrons. The van der Waals surface area contributed by atoms with Gasteiger partial charge in [0, 0.05) is 4.43 Å². The molecule has 1 aliphatic carbocycles. The molecule has 0 N–H and O–H groups in total. The van der Waals surface area contributed by atoms with Gasteiger partial charge >= 0.3 is 0 Å². The summed E-state index contributed by atoms with van der Waals surface area (Å²) in [5, 5.41) is 0.